The lowest BCUT2D eigenvalue weighted by molar-refractivity contribution is -0.0148. The monoisotopic (exact) mass is 373 g/mol. The molecule has 0 aromatic rings. The topological polar surface area (TPSA) is 70.0 Å². The number of carboxylic acid groups (broad SMARTS) is 1. The van der Waals surface area contributed by atoms with E-state index in [0.717, 1.165) is 0 Å². The molecule has 0 aliphatic carbocycles. The third kappa shape index (κ3) is 6.75. The molecule has 5 nitrogen and oxygen atoms in total. The predicted molar refractivity (Wildman–Crippen MR) is 107 cm³/mol. The van der Waals surface area contributed by atoms with Crippen molar-refractivity contribution in [1.82, 2.24) is 4.90 Å². The molecule has 0 unspecified atom stereocenters. The van der Waals surface area contributed by atoms with Gasteiger partial charge in [-0.15, -0.1) is 6.58 Å². The molecule has 3 atom stereocenters. The highest BCUT2D eigenvalue weighted by Gasteiger charge is 2.40. The van der Waals surface area contributed by atoms with E-state index in [1.807, 2.05) is 27.7 Å². The Balaban J connectivity index is 5.42. The van der Waals surface area contributed by atoms with Crippen LogP contribution in [-0.2, 0) is 4.43 Å². The van der Waals surface area contributed by atoms with Gasteiger partial charge in [0.1, 0.15) is 0 Å². The molecular weight excluding hydrogens is 334 g/mol. The molecule has 0 aromatic heterocycles. The minimum absolute atomic E-state index is 0.0893. The van der Waals surface area contributed by atoms with Crippen LogP contribution in [0.15, 0.2) is 12.7 Å². The van der Waals surface area contributed by atoms with Crippen LogP contribution in [0.5, 0.6) is 0 Å². The molecule has 0 aliphatic heterocycles. The number of hydrogen-bond donors (Lipinski definition) is 2. The van der Waals surface area contributed by atoms with Crippen LogP contribution < -0.4 is 0 Å². The molecule has 0 aromatic carbocycles. The van der Waals surface area contributed by atoms with Gasteiger partial charge in [-0.25, -0.2) is 4.79 Å². The summed E-state index contributed by atoms with van der Waals surface area (Å²) < 4.78 is 6.21. The quantitative estimate of drug-likeness (QED) is 0.477. The van der Waals surface area contributed by atoms with Crippen LogP contribution in [0.1, 0.15) is 54.9 Å². The molecular formula is C19H39NO4Si. The van der Waals surface area contributed by atoms with Crippen molar-refractivity contribution in [3.8, 4) is 0 Å². The van der Waals surface area contributed by atoms with Crippen LogP contribution in [0, 0.1) is 5.92 Å². The van der Waals surface area contributed by atoms with Crippen molar-refractivity contribution in [2.75, 3.05) is 6.61 Å². The number of carbonyl (C=O) groups is 1. The fraction of sp³-hybridized carbons (Fsp3) is 0.842. The van der Waals surface area contributed by atoms with Gasteiger partial charge in [-0.2, -0.15) is 0 Å². The van der Waals surface area contributed by atoms with Gasteiger partial charge in [0.05, 0.1) is 12.1 Å². The Kier molecular flexibility index (Phi) is 8.39. The summed E-state index contributed by atoms with van der Waals surface area (Å²) in [5, 5.41) is 20.5. The highest BCUT2D eigenvalue weighted by atomic mass is 28.4. The van der Waals surface area contributed by atoms with Crippen molar-refractivity contribution in [3.63, 3.8) is 0 Å². The SMILES string of the molecule is C=C[C@@H](C)[C@@H](O)[C@@H](CCO[Si](C)(C)C(C)(C)C)N(C(=O)O)C(C)(C)C. The van der Waals surface area contributed by atoms with E-state index in [2.05, 4.69) is 40.4 Å². The van der Waals surface area contributed by atoms with Crippen LogP contribution in [0.2, 0.25) is 18.1 Å². The van der Waals surface area contributed by atoms with E-state index in [-0.39, 0.29) is 11.0 Å². The van der Waals surface area contributed by atoms with E-state index in [9.17, 15) is 15.0 Å². The Morgan fingerprint density at radius 1 is 1.24 bits per heavy atom. The van der Waals surface area contributed by atoms with Gasteiger partial charge < -0.3 is 14.6 Å². The maximum atomic E-state index is 11.9. The van der Waals surface area contributed by atoms with E-state index < -0.39 is 32.1 Å². The minimum Gasteiger partial charge on any atom is -0.465 e. The molecule has 0 spiro atoms. The van der Waals surface area contributed by atoms with E-state index in [1.54, 1.807) is 6.08 Å². The molecule has 2 N–H and O–H groups in total. The molecule has 0 radical (unpaired) electrons. The van der Waals surface area contributed by atoms with Gasteiger partial charge in [0.15, 0.2) is 8.32 Å². The molecule has 0 fully saturated rings. The Bertz CT molecular complexity index is 451. The molecule has 25 heavy (non-hydrogen) atoms. The molecule has 0 bridgehead atoms. The highest BCUT2D eigenvalue weighted by Crippen LogP contribution is 2.37. The lowest BCUT2D eigenvalue weighted by Gasteiger charge is -2.43. The standard InChI is InChI=1S/C19H39NO4Si/c1-11-14(2)16(21)15(20(17(22)23)18(3,4)5)12-13-24-25(9,10)19(6,7)8/h11,14-16,21H,1,12-13H2,2-10H3,(H,22,23)/t14-,15-,16-/m1/s1. The molecule has 6 heteroatoms. The number of aliphatic hydroxyl groups excluding tert-OH is 1. The average molecular weight is 374 g/mol. The summed E-state index contributed by atoms with van der Waals surface area (Å²) in [5.41, 5.74) is -0.616. The van der Waals surface area contributed by atoms with Gasteiger partial charge in [-0.3, -0.25) is 4.90 Å². The fourth-order valence-electron chi connectivity index (χ4n) is 2.52. The second-order valence-corrected chi connectivity index (χ2v) is 14.2. The van der Waals surface area contributed by atoms with Crippen molar-refractivity contribution in [2.45, 2.75) is 90.7 Å². The van der Waals surface area contributed by atoms with E-state index in [0.29, 0.717) is 13.0 Å². The van der Waals surface area contributed by atoms with Crippen LogP contribution in [0.25, 0.3) is 0 Å². The molecule has 148 valence electrons. The smallest absolute Gasteiger partial charge is 0.408 e. The summed E-state index contributed by atoms with van der Waals surface area (Å²) >= 11 is 0. The second kappa shape index (κ2) is 8.69. The fourth-order valence-corrected chi connectivity index (χ4v) is 3.58. The lowest BCUT2D eigenvalue weighted by Crippen LogP contribution is -2.57. The summed E-state index contributed by atoms with van der Waals surface area (Å²) in [4.78, 5) is 13.2. The highest BCUT2D eigenvalue weighted by molar-refractivity contribution is 6.74. The van der Waals surface area contributed by atoms with Gasteiger partial charge in [-0.05, 0) is 45.3 Å². The van der Waals surface area contributed by atoms with Crippen molar-refractivity contribution < 1.29 is 19.4 Å². The first-order valence-electron chi connectivity index (χ1n) is 9.03. The summed E-state index contributed by atoms with van der Waals surface area (Å²) in [7, 11) is -1.92. The van der Waals surface area contributed by atoms with Crippen molar-refractivity contribution in [3.05, 3.63) is 12.7 Å². The van der Waals surface area contributed by atoms with Crippen LogP contribution in [-0.4, -0.2) is 53.8 Å². The summed E-state index contributed by atoms with van der Waals surface area (Å²) in [6.45, 7) is 22.4. The maximum Gasteiger partial charge on any atom is 0.408 e. The normalized spacial score (nSPS) is 16.9. The summed E-state index contributed by atoms with van der Waals surface area (Å²) in [5.74, 6) is -0.206. The second-order valence-electron chi connectivity index (χ2n) is 9.37. The summed E-state index contributed by atoms with van der Waals surface area (Å²) in [6, 6.07) is -0.546. The van der Waals surface area contributed by atoms with Gasteiger partial charge in [0.2, 0.25) is 0 Å². The molecule has 0 heterocycles. The molecule has 0 aliphatic rings. The summed E-state index contributed by atoms with van der Waals surface area (Å²) in [6.07, 6.45) is 0.265. The third-order valence-corrected chi connectivity index (χ3v) is 9.79. The number of hydrogen-bond acceptors (Lipinski definition) is 3. The zero-order chi connectivity index (χ0) is 20.2. The lowest BCUT2D eigenvalue weighted by atomic mass is 9.91. The molecule has 0 saturated carbocycles. The first-order valence-corrected chi connectivity index (χ1v) is 11.9. The van der Waals surface area contributed by atoms with Crippen LogP contribution in [0.3, 0.4) is 0 Å². The van der Waals surface area contributed by atoms with Crippen molar-refractivity contribution in [2.24, 2.45) is 5.92 Å². The van der Waals surface area contributed by atoms with Gasteiger partial charge in [0.25, 0.3) is 0 Å². The van der Waals surface area contributed by atoms with Gasteiger partial charge in [-0.1, -0.05) is 33.8 Å². The minimum atomic E-state index is -1.92. The largest absolute Gasteiger partial charge is 0.465 e. The first-order chi connectivity index (χ1) is 11.1. The Morgan fingerprint density at radius 3 is 2.04 bits per heavy atom. The zero-order valence-corrected chi connectivity index (χ0v) is 18.6. The number of nitrogens with zero attached hydrogens (tertiary/aromatic N) is 1. The van der Waals surface area contributed by atoms with E-state index in [1.165, 1.54) is 4.90 Å². The maximum absolute atomic E-state index is 11.9. The Hall–Kier alpha value is -0.853. The van der Waals surface area contributed by atoms with E-state index >= 15 is 0 Å². The Morgan fingerprint density at radius 2 is 1.72 bits per heavy atom. The number of aliphatic hydroxyl groups is 1. The van der Waals surface area contributed by atoms with Gasteiger partial charge >= 0.3 is 6.09 Å². The molecule has 1 amide bonds. The van der Waals surface area contributed by atoms with Crippen molar-refractivity contribution in [1.29, 1.82) is 0 Å². The predicted octanol–water partition coefficient (Wildman–Crippen LogP) is 4.73. The molecule has 0 rings (SSSR count). The first kappa shape index (κ1) is 24.1. The van der Waals surface area contributed by atoms with Crippen LogP contribution in [0.4, 0.5) is 4.79 Å². The number of rotatable bonds is 8. The Labute approximate surface area is 155 Å². The third-order valence-electron chi connectivity index (χ3n) is 5.25. The van der Waals surface area contributed by atoms with Crippen LogP contribution >= 0.6 is 0 Å². The average Bonchev–Trinajstić information content (AvgIpc) is 2.41. The zero-order valence-electron chi connectivity index (χ0n) is 17.6. The van der Waals surface area contributed by atoms with Crippen molar-refractivity contribution >= 4 is 14.4 Å². The molecule has 0 saturated heterocycles. The number of amides is 1. The van der Waals surface area contributed by atoms with E-state index in [4.69, 9.17) is 4.43 Å². The van der Waals surface area contributed by atoms with Gasteiger partial charge in [0, 0.05) is 18.1 Å².